The van der Waals surface area contributed by atoms with E-state index in [2.05, 4.69) is 20.7 Å². The van der Waals surface area contributed by atoms with Gasteiger partial charge in [0.25, 0.3) is 11.8 Å². The molecule has 5 aromatic rings. The van der Waals surface area contributed by atoms with Crippen LogP contribution in [0.1, 0.15) is 64.4 Å². The Morgan fingerprint density at radius 3 is 2.43 bits per heavy atom. The zero-order valence-corrected chi connectivity index (χ0v) is 34.4. The van der Waals surface area contributed by atoms with Gasteiger partial charge in [-0.2, -0.15) is 5.10 Å². The lowest BCUT2D eigenvalue weighted by Gasteiger charge is -2.32. The van der Waals surface area contributed by atoms with E-state index in [-0.39, 0.29) is 67.7 Å². The molecule has 2 N–H and O–H groups in total. The Bertz CT molecular complexity index is 2580. The Labute approximate surface area is 360 Å². The predicted molar refractivity (Wildman–Crippen MR) is 224 cm³/mol. The molecule has 2 aromatic heterocycles. The molecule has 1 unspecified atom stereocenters. The van der Waals surface area contributed by atoms with E-state index in [1.165, 1.54) is 18.2 Å². The molecule has 3 fully saturated rings. The average molecular weight is 862 g/mol. The van der Waals surface area contributed by atoms with E-state index in [9.17, 15) is 24.0 Å². The third-order valence-electron chi connectivity index (χ3n) is 12.1. The molecular formula is C45H45F2N9O7. The number of anilines is 1. The normalized spacial score (nSPS) is 18.6. The molecule has 9 rings (SSSR count). The first-order chi connectivity index (χ1) is 30.6. The zero-order valence-electron chi connectivity index (χ0n) is 34.4. The summed E-state index contributed by atoms with van der Waals surface area (Å²) in [6, 6.07) is 12.0. The Hall–Kier alpha value is -6.50. The van der Waals surface area contributed by atoms with E-state index < -0.39 is 41.3 Å². The molecular weight excluding hydrogens is 817 g/mol. The summed E-state index contributed by atoms with van der Waals surface area (Å²) in [5, 5.41) is 9.96. The topological polar surface area (TPSA) is 181 Å². The second kappa shape index (κ2) is 18.1. The van der Waals surface area contributed by atoms with Crippen LogP contribution in [0.3, 0.4) is 0 Å². The highest BCUT2D eigenvalue weighted by Gasteiger charge is 2.45. The lowest BCUT2D eigenvalue weighted by molar-refractivity contribution is -0.136. The van der Waals surface area contributed by atoms with Gasteiger partial charge in [-0.15, -0.1) is 0 Å². The number of rotatable bonds is 13. The number of amides is 5. The molecule has 5 amide bonds. The number of hydrogen-bond donors (Lipinski definition) is 2. The minimum absolute atomic E-state index is 0.0187. The van der Waals surface area contributed by atoms with Gasteiger partial charge in [-0.3, -0.25) is 48.8 Å². The van der Waals surface area contributed by atoms with Gasteiger partial charge in [0.15, 0.2) is 0 Å². The number of para-hydroxylation sites is 1. The Morgan fingerprint density at radius 1 is 0.889 bits per heavy atom. The lowest BCUT2D eigenvalue weighted by atomic mass is 10.0. The summed E-state index contributed by atoms with van der Waals surface area (Å²) >= 11 is 0. The Morgan fingerprint density at radius 2 is 1.65 bits per heavy atom. The van der Waals surface area contributed by atoms with Crippen LogP contribution in [0, 0.1) is 11.6 Å². The van der Waals surface area contributed by atoms with Crippen molar-refractivity contribution in [3.63, 3.8) is 0 Å². The molecule has 63 heavy (non-hydrogen) atoms. The summed E-state index contributed by atoms with van der Waals surface area (Å²) < 4.78 is 43.8. The maximum Gasteiger partial charge on any atom is 0.264 e. The van der Waals surface area contributed by atoms with Gasteiger partial charge in [0, 0.05) is 74.3 Å². The summed E-state index contributed by atoms with van der Waals surface area (Å²) in [7, 11) is 0. The number of aromatic nitrogens is 4. The van der Waals surface area contributed by atoms with E-state index >= 15 is 8.78 Å². The molecule has 0 saturated carbocycles. The van der Waals surface area contributed by atoms with E-state index in [1.54, 1.807) is 36.7 Å². The number of imide groups is 2. The van der Waals surface area contributed by atoms with Crippen molar-refractivity contribution in [3.8, 4) is 22.4 Å². The molecule has 16 nitrogen and oxygen atoms in total. The first-order valence-corrected chi connectivity index (χ1v) is 21.2. The van der Waals surface area contributed by atoms with Crippen molar-refractivity contribution in [1.29, 1.82) is 0 Å². The highest BCUT2D eigenvalue weighted by Crippen LogP contribution is 2.34. The number of benzene rings is 3. The van der Waals surface area contributed by atoms with Crippen molar-refractivity contribution in [2.24, 2.45) is 0 Å². The number of carbonyl (C=O) groups is 5. The Kier molecular flexibility index (Phi) is 12.0. The monoisotopic (exact) mass is 861 g/mol. The number of fused-ring (bicyclic) bond motifs is 2. The van der Waals surface area contributed by atoms with Gasteiger partial charge in [0.05, 0.1) is 79.1 Å². The van der Waals surface area contributed by atoms with Crippen LogP contribution >= 0.6 is 0 Å². The molecule has 18 heteroatoms. The maximum absolute atomic E-state index is 15.4. The second-order valence-corrected chi connectivity index (χ2v) is 16.0. The molecule has 3 aromatic carbocycles. The minimum atomic E-state index is -1.05. The van der Waals surface area contributed by atoms with Gasteiger partial charge in [-0.25, -0.2) is 13.8 Å². The number of morpholine rings is 1. The fraction of sp³-hybridized carbons (Fsp3) is 0.378. The van der Waals surface area contributed by atoms with Crippen LogP contribution in [-0.4, -0.2) is 129 Å². The molecule has 1 atom stereocenters. The van der Waals surface area contributed by atoms with Crippen LogP contribution in [0.5, 0.6) is 0 Å². The largest absolute Gasteiger partial charge is 0.382 e. The number of carbonyl (C=O) groups excluding carboxylic acids is 5. The third-order valence-corrected chi connectivity index (χ3v) is 12.1. The smallest absolute Gasteiger partial charge is 0.264 e. The van der Waals surface area contributed by atoms with Crippen LogP contribution in [-0.2, 0) is 30.4 Å². The molecule has 0 radical (unpaired) electrons. The molecule has 4 aliphatic heterocycles. The first-order valence-electron chi connectivity index (χ1n) is 21.2. The SMILES string of the molecule is O=C1CCC(N2C(=O)c3cccc(NCCOCCC(=O)N4CCC(n5cc(-c6cnc7cccc(-c8cc(F)c(CN9CCOCC9)c(F)c8)c7n6)cn5)CC4)c3C2=O)C(=O)N1. The zero-order chi connectivity index (χ0) is 43.6. The number of halogens is 2. The molecule has 326 valence electrons. The first kappa shape index (κ1) is 41.8. The molecule has 6 heterocycles. The van der Waals surface area contributed by atoms with Crippen LogP contribution in [0.25, 0.3) is 33.4 Å². The molecule has 0 spiro atoms. The number of hydrogen-bond acceptors (Lipinski definition) is 12. The van der Waals surface area contributed by atoms with E-state index in [1.807, 2.05) is 26.7 Å². The number of nitrogens with zero attached hydrogens (tertiary/aromatic N) is 7. The highest BCUT2D eigenvalue weighted by atomic mass is 19.1. The third kappa shape index (κ3) is 8.65. The number of piperidine rings is 2. The minimum Gasteiger partial charge on any atom is -0.382 e. The van der Waals surface area contributed by atoms with Crippen LogP contribution in [0.15, 0.2) is 67.1 Å². The summed E-state index contributed by atoms with van der Waals surface area (Å²) in [5.41, 5.74) is 4.18. The fourth-order valence-electron chi connectivity index (χ4n) is 8.69. The number of nitrogens with one attached hydrogen (secondary N) is 2. The van der Waals surface area contributed by atoms with Gasteiger partial charge >= 0.3 is 0 Å². The maximum atomic E-state index is 15.4. The van der Waals surface area contributed by atoms with E-state index in [4.69, 9.17) is 14.5 Å². The van der Waals surface area contributed by atoms with Gasteiger partial charge in [0.2, 0.25) is 17.7 Å². The molecule has 4 aliphatic rings. The van der Waals surface area contributed by atoms with E-state index in [0.29, 0.717) is 92.3 Å². The second-order valence-electron chi connectivity index (χ2n) is 16.0. The molecule has 3 saturated heterocycles. The van der Waals surface area contributed by atoms with Gasteiger partial charge in [0.1, 0.15) is 17.7 Å². The fourth-order valence-corrected chi connectivity index (χ4v) is 8.69. The van der Waals surface area contributed by atoms with E-state index in [0.717, 1.165) is 10.5 Å². The van der Waals surface area contributed by atoms with Gasteiger partial charge in [-0.05, 0) is 55.2 Å². The summed E-state index contributed by atoms with van der Waals surface area (Å²) in [6.45, 7) is 4.33. The molecule has 0 aliphatic carbocycles. The van der Waals surface area contributed by atoms with Crippen LogP contribution in [0.4, 0.5) is 14.5 Å². The summed E-state index contributed by atoms with van der Waals surface area (Å²) in [5.74, 6) is -3.52. The van der Waals surface area contributed by atoms with Crippen molar-refractivity contribution >= 4 is 46.3 Å². The molecule has 0 bridgehead atoms. The quantitative estimate of drug-likeness (QED) is 0.126. The van der Waals surface area contributed by atoms with Gasteiger partial charge < -0.3 is 19.7 Å². The Balaban J connectivity index is 0.751. The lowest BCUT2D eigenvalue weighted by Crippen LogP contribution is -2.54. The van der Waals surface area contributed by atoms with Crippen LogP contribution < -0.4 is 10.6 Å². The number of likely N-dealkylation sites (tertiary alicyclic amines) is 1. The standard InChI is InChI=1S/C45H45F2N9O7/c46-33-21-27(22-34(47)32(33)26-53-15-19-63-20-16-53)30-3-1-6-36-42(30)51-37(24-49-36)28-23-50-55(25-28)29-9-13-54(14-10-29)40(58)11-17-62-18-12-48-35-5-2-4-31-41(35)45(61)56(44(31)60)38-7-8-39(57)52-43(38)59/h1-6,21-25,29,38,48H,7-20,26H2,(H,52,57,59). The van der Waals surface area contributed by atoms with Crippen LogP contribution in [0.2, 0.25) is 0 Å². The van der Waals surface area contributed by atoms with Gasteiger partial charge in [-0.1, -0.05) is 18.2 Å². The van der Waals surface area contributed by atoms with Crippen molar-refractivity contribution in [1.82, 2.24) is 39.8 Å². The number of ether oxygens (including phenoxy) is 2. The predicted octanol–water partition coefficient (Wildman–Crippen LogP) is 4.35. The highest BCUT2D eigenvalue weighted by molar-refractivity contribution is 6.25. The van der Waals surface area contributed by atoms with Crippen molar-refractivity contribution in [2.75, 3.05) is 64.5 Å². The van der Waals surface area contributed by atoms with Crippen molar-refractivity contribution in [2.45, 2.75) is 50.7 Å². The van der Waals surface area contributed by atoms with Crippen molar-refractivity contribution in [3.05, 3.63) is 95.4 Å². The summed E-state index contributed by atoms with van der Waals surface area (Å²) in [6.07, 6.45) is 7.01. The average Bonchev–Trinajstić information content (AvgIpc) is 3.89. The van der Waals surface area contributed by atoms with Crippen molar-refractivity contribution < 1.29 is 42.2 Å². The summed E-state index contributed by atoms with van der Waals surface area (Å²) in [4.78, 5) is 77.8.